The SMILES string of the molecule is Cc1nc(=O)c2cc(Cl)ccc2n1C1=CCN(C(=O)C2CSCN2)CC1. The van der Waals surface area contributed by atoms with Crippen molar-refractivity contribution in [3.63, 3.8) is 0 Å². The third-order valence-corrected chi connectivity index (χ3v) is 5.99. The molecule has 26 heavy (non-hydrogen) atoms. The van der Waals surface area contributed by atoms with E-state index in [2.05, 4.69) is 16.4 Å². The van der Waals surface area contributed by atoms with Crippen molar-refractivity contribution in [2.24, 2.45) is 0 Å². The minimum absolute atomic E-state index is 0.0753. The second-order valence-corrected chi connectivity index (χ2v) is 7.93. The number of nitrogens with zero attached hydrogens (tertiary/aromatic N) is 3. The standard InChI is InChI=1S/C18H19ClN4O2S/c1-11-21-17(24)14-8-12(19)2-3-16(14)23(11)13-4-6-22(7-5-13)18(25)15-9-26-10-20-15/h2-4,8,15,20H,5-7,9-10H2,1H3. The largest absolute Gasteiger partial charge is 0.337 e. The van der Waals surface area contributed by atoms with Gasteiger partial charge in [0.2, 0.25) is 5.91 Å². The van der Waals surface area contributed by atoms with Crippen LogP contribution in [0.4, 0.5) is 0 Å². The summed E-state index contributed by atoms with van der Waals surface area (Å²) in [5, 5.41) is 4.26. The normalized spacial score (nSPS) is 20.5. The molecule has 4 rings (SSSR count). The number of aromatic nitrogens is 2. The molecule has 2 aliphatic rings. The van der Waals surface area contributed by atoms with E-state index in [1.165, 1.54) is 0 Å². The van der Waals surface area contributed by atoms with Gasteiger partial charge in [0.15, 0.2) is 0 Å². The molecule has 1 fully saturated rings. The molecule has 0 radical (unpaired) electrons. The number of fused-ring (bicyclic) bond motifs is 1. The van der Waals surface area contributed by atoms with Crippen molar-refractivity contribution >= 4 is 45.9 Å². The van der Waals surface area contributed by atoms with Crippen molar-refractivity contribution in [2.75, 3.05) is 24.7 Å². The molecular formula is C18H19ClN4O2S. The highest BCUT2D eigenvalue weighted by molar-refractivity contribution is 7.99. The smallest absolute Gasteiger partial charge is 0.280 e. The van der Waals surface area contributed by atoms with E-state index in [9.17, 15) is 9.59 Å². The maximum absolute atomic E-state index is 12.6. The summed E-state index contributed by atoms with van der Waals surface area (Å²) < 4.78 is 2.00. The quantitative estimate of drug-likeness (QED) is 0.850. The van der Waals surface area contributed by atoms with Crippen molar-refractivity contribution in [1.29, 1.82) is 0 Å². The van der Waals surface area contributed by atoms with Gasteiger partial charge in [-0.25, -0.2) is 0 Å². The lowest BCUT2D eigenvalue weighted by molar-refractivity contribution is -0.132. The second-order valence-electron chi connectivity index (χ2n) is 6.46. The Morgan fingerprint density at radius 1 is 1.42 bits per heavy atom. The van der Waals surface area contributed by atoms with Crippen LogP contribution in [0.1, 0.15) is 12.2 Å². The Balaban J connectivity index is 1.66. The van der Waals surface area contributed by atoms with Crippen LogP contribution in [0.15, 0.2) is 29.1 Å². The second kappa shape index (κ2) is 7.06. The Morgan fingerprint density at radius 2 is 2.27 bits per heavy atom. The Kier molecular flexibility index (Phi) is 4.77. The monoisotopic (exact) mass is 390 g/mol. The first-order chi connectivity index (χ1) is 12.5. The lowest BCUT2D eigenvalue weighted by Crippen LogP contribution is -2.46. The van der Waals surface area contributed by atoms with E-state index >= 15 is 0 Å². The number of halogens is 1. The number of hydrogen-bond acceptors (Lipinski definition) is 5. The topological polar surface area (TPSA) is 67.2 Å². The van der Waals surface area contributed by atoms with Gasteiger partial charge in [0, 0.05) is 41.9 Å². The molecule has 3 heterocycles. The molecule has 1 aromatic heterocycles. The fourth-order valence-corrected chi connectivity index (χ4v) is 4.61. The number of rotatable bonds is 2. The van der Waals surface area contributed by atoms with E-state index in [1.807, 2.05) is 22.5 Å². The molecule has 1 saturated heterocycles. The number of hydrogen-bond donors (Lipinski definition) is 1. The number of carbonyl (C=O) groups excluding carboxylic acids is 1. The third kappa shape index (κ3) is 3.15. The van der Waals surface area contributed by atoms with Gasteiger partial charge in [-0.15, -0.1) is 11.8 Å². The number of thioether (sulfide) groups is 1. The lowest BCUT2D eigenvalue weighted by Gasteiger charge is -2.30. The Labute approximate surface area is 160 Å². The van der Waals surface area contributed by atoms with Gasteiger partial charge in [0.25, 0.3) is 5.56 Å². The summed E-state index contributed by atoms with van der Waals surface area (Å²) in [5.41, 5.74) is 1.58. The van der Waals surface area contributed by atoms with Crippen molar-refractivity contribution < 1.29 is 4.79 Å². The molecule has 2 aromatic rings. The maximum atomic E-state index is 12.6. The highest BCUT2D eigenvalue weighted by Gasteiger charge is 2.28. The highest BCUT2D eigenvalue weighted by atomic mass is 35.5. The van der Waals surface area contributed by atoms with E-state index in [4.69, 9.17) is 11.6 Å². The van der Waals surface area contributed by atoms with Crippen LogP contribution in [0.2, 0.25) is 5.02 Å². The van der Waals surface area contributed by atoms with Gasteiger partial charge in [-0.3, -0.25) is 14.9 Å². The minimum atomic E-state index is -0.269. The summed E-state index contributed by atoms with van der Waals surface area (Å²) in [7, 11) is 0. The highest BCUT2D eigenvalue weighted by Crippen LogP contribution is 2.25. The molecule has 0 aliphatic carbocycles. The van der Waals surface area contributed by atoms with Crippen LogP contribution in [-0.2, 0) is 4.79 Å². The first kappa shape index (κ1) is 17.6. The zero-order valence-corrected chi connectivity index (χ0v) is 15.9. The van der Waals surface area contributed by atoms with E-state index in [0.717, 1.165) is 22.8 Å². The van der Waals surface area contributed by atoms with Crippen LogP contribution in [0.25, 0.3) is 16.6 Å². The Bertz CT molecular complexity index is 966. The van der Waals surface area contributed by atoms with Gasteiger partial charge in [0.1, 0.15) is 5.82 Å². The molecule has 1 N–H and O–H groups in total. The Morgan fingerprint density at radius 3 is 2.96 bits per heavy atom. The average Bonchev–Trinajstić information content (AvgIpc) is 3.17. The third-order valence-electron chi connectivity index (χ3n) is 4.82. The molecule has 1 unspecified atom stereocenters. The van der Waals surface area contributed by atoms with E-state index in [1.54, 1.807) is 23.9 Å². The summed E-state index contributed by atoms with van der Waals surface area (Å²) >= 11 is 7.79. The van der Waals surface area contributed by atoms with Crippen LogP contribution in [0.5, 0.6) is 0 Å². The minimum Gasteiger partial charge on any atom is -0.337 e. The molecule has 6 nitrogen and oxygen atoms in total. The summed E-state index contributed by atoms with van der Waals surface area (Å²) in [6, 6.07) is 5.21. The molecule has 0 spiro atoms. The van der Waals surface area contributed by atoms with Crippen molar-refractivity contribution in [2.45, 2.75) is 19.4 Å². The number of carbonyl (C=O) groups is 1. The molecule has 0 saturated carbocycles. The van der Waals surface area contributed by atoms with Gasteiger partial charge in [-0.1, -0.05) is 11.6 Å². The maximum Gasteiger partial charge on any atom is 0.280 e. The zero-order chi connectivity index (χ0) is 18.3. The summed E-state index contributed by atoms with van der Waals surface area (Å²) in [6.45, 7) is 3.05. The van der Waals surface area contributed by atoms with Crippen molar-refractivity contribution in [3.8, 4) is 0 Å². The summed E-state index contributed by atoms with van der Waals surface area (Å²) in [4.78, 5) is 30.8. The summed E-state index contributed by atoms with van der Waals surface area (Å²) in [6.07, 6.45) is 2.77. The van der Waals surface area contributed by atoms with Gasteiger partial charge in [0.05, 0.1) is 16.9 Å². The fraction of sp³-hybridized carbons (Fsp3) is 0.389. The van der Waals surface area contributed by atoms with Crippen LogP contribution in [-0.4, -0.2) is 51.1 Å². The molecule has 0 bridgehead atoms. The first-order valence-corrected chi connectivity index (χ1v) is 10.1. The molecule has 1 amide bonds. The molecule has 1 atom stereocenters. The molecule has 8 heteroatoms. The Hall–Kier alpha value is -1.83. The van der Waals surface area contributed by atoms with Gasteiger partial charge >= 0.3 is 0 Å². The van der Waals surface area contributed by atoms with Gasteiger partial charge < -0.3 is 9.47 Å². The van der Waals surface area contributed by atoms with Gasteiger partial charge in [-0.2, -0.15) is 4.98 Å². The predicted molar refractivity (Wildman–Crippen MR) is 105 cm³/mol. The molecule has 136 valence electrons. The van der Waals surface area contributed by atoms with Crippen LogP contribution < -0.4 is 10.9 Å². The fourth-order valence-electron chi connectivity index (χ4n) is 3.50. The average molecular weight is 391 g/mol. The van der Waals surface area contributed by atoms with E-state index < -0.39 is 0 Å². The zero-order valence-electron chi connectivity index (χ0n) is 14.4. The number of amides is 1. The molecule has 2 aliphatic heterocycles. The molecule has 1 aromatic carbocycles. The lowest BCUT2D eigenvalue weighted by atomic mass is 10.1. The molecular weight excluding hydrogens is 372 g/mol. The number of aryl methyl sites for hydroxylation is 1. The van der Waals surface area contributed by atoms with E-state index in [0.29, 0.717) is 35.7 Å². The first-order valence-electron chi connectivity index (χ1n) is 8.53. The van der Waals surface area contributed by atoms with E-state index in [-0.39, 0.29) is 17.5 Å². The van der Waals surface area contributed by atoms with Crippen molar-refractivity contribution in [1.82, 2.24) is 19.8 Å². The number of benzene rings is 1. The van der Waals surface area contributed by atoms with Crippen molar-refractivity contribution in [3.05, 3.63) is 45.5 Å². The summed E-state index contributed by atoms with van der Waals surface area (Å²) in [5.74, 6) is 2.48. The van der Waals surface area contributed by atoms with Crippen LogP contribution in [0, 0.1) is 6.92 Å². The van der Waals surface area contributed by atoms with Crippen LogP contribution in [0.3, 0.4) is 0 Å². The van der Waals surface area contributed by atoms with Gasteiger partial charge in [-0.05, 0) is 31.2 Å². The van der Waals surface area contributed by atoms with Crippen LogP contribution >= 0.6 is 23.4 Å². The number of nitrogens with one attached hydrogen (secondary N) is 1. The predicted octanol–water partition coefficient (Wildman–Crippen LogP) is 2.09.